The number of rotatable bonds is 8. The Morgan fingerprint density at radius 3 is 2.59 bits per heavy atom. The van der Waals surface area contributed by atoms with Gasteiger partial charge < -0.3 is 15.2 Å². The summed E-state index contributed by atoms with van der Waals surface area (Å²) >= 11 is 0. The van der Waals surface area contributed by atoms with Crippen LogP contribution in [0.2, 0.25) is 0 Å². The van der Waals surface area contributed by atoms with E-state index in [0.29, 0.717) is 28.7 Å². The zero-order chi connectivity index (χ0) is 25.0. The lowest BCUT2D eigenvalue weighted by Crippen LogP contribution is -2.27. The number of halogens is 3. The number of aryl methyl sites for hydroxylation is 2. The molecule has 1 aliphatic carbocycles. The quantitative estimate of drug-likeness (QED) is 0.558. The summed E-state index contributed by atoms with van der Waals surface area (Å²) in [4.78, 5) is 38.3. The predicted molar refractivity (Wildman–Crippen MR) is 118 cm³/mol. The Labute approximate surface area is 195 Å². The lowest BCUT2D eigenvalue weighted by molar-refractivity contribution is -0.153. The van der Waals surface area contributed by atoms with Crippen LogP contribution < -0.4 is 10.1 Å². The summed E-state index contributed by atoms with van der Waals surface area (Å²) in [6.07, 6.45) is -4.30. The van der Waals surface area contributed by atoms with E-state index in [9.17, 15) is 32.7 Å². The van der Waals surface area contributed by atoms with Crippen LogP contribution in [-0.2, 0) is 27.3 Å². The number of hydrogen-bond acceptors (Lipinski definition) is 5. The number of ketones is 2. The number of aromatic hydroxyl groups is 1. The van der Waals surface area contributed by atoms with Gasteiger partial charge in [-0.05, 0) is 59.9 Å². The second-order valence-electron chi connectivity index (χ2n) is 8.42. The highest BCUT2D eigenvalue weighted by molar-refractivity contribution is 6.15. The normalized spacial score (nSPS) is 18.3. The molecule has 0 spiro atoms. The highest BCUT2D eigenvalue weighted by Crippen LogP contribution is 2.39. The molecule has 2 unspecified atom stereocenters. The molecule has 2 N–H and O–H groups in total. The summed E-state index contributed by atoms with van der Waals surface area (Å²) in [6, 6.07) is 9.23. The molecule has 34 heavy (non-hydrogen) atoms. The van der Waals surface area contributed by atoms with Crippen LogP contribution in [0.4, 0.5) is 13.2 Å². The van der Waals surface area contributed by atoms with Crippen molar-refractivity contribution < 1.29 is 37.4 Å². The lowest BCUT2D eigenvalue weighted by Gasteiger charge is -2.19. The Bertz CT molecular complexity index is 1100. The van der Waals surface area contributed by atoms with E-state index >= 15 is 0 Å². The fraction of sp³-hybridized carbons (Fsp3) is 0.400. The van der Waals surface area contributed by atoms with Gasteiger partial charge in [0.25, 0.3) is 0 Å². The Balaban J connectivity index is 1.71. The van der Waals surface area contributed by atoms with Crippen molar-refractivity contribution in [2.45, 2.75) is 51.7 Å². The van der Waals surface area contributed by atoms with Crippen LogP contribution in [0.25, 0.3) is 0 Å². The van der Waals surface area contributed by atoms with Crippen molar-refractivity contribution in [3.63, 3.8) is 0 Å². The first kappa shape index (κ1) is 25.3. The first-order valence-corrected chi connectivity index (χ1v) is 10.9. The standard InChI is InChI=1S/C25H26F3NO5/c1-3-16-9-19(34-13-25(26,27)28)7-14(2)22(16)23-20(31)10-17(24(23)33)11-21(32)29-12-15-5-4-6-18(30)8-15/h4-9,17,23,30H,3,10-13H2,1-2H3,(H,29,32). The van der Waals surface area contributed by atoms with Gasteiger partial charge in [0, 0.05) is 25.3 Å². The Morgan fingerprint density at radius 1 is 1.21 bits per heavy atom. The minimum absolute atomic E-state index is 0.0243. The van der Waals surface area contributed by atoms with Gasteiger partial charge in [0.1, 0.15) is 23.2 Å². The van der Waals surface area contributed by atoms with Crippen molar-refractivity contribution >= 4 is 17.5 Å². The zero-order valence-electron chi connectivity index (χ0n) is 18.9. The average molecular weight is 477 g/mol. The van der Waals surface area contributed by atoms with E-state index in [-0.39, 0.29) is 42.5 Å². The minimum Gasteiger partial charge on any atom is -0.508 e. The molecule has 0 radical (unpaired) electrons. The minimum atomic E-state index is -4.48. The largest absolute Gasteiger partial charge is 0.508 e. The number of hydrogen-bond donors (Lipinski definition) is 2. The average Bonchev–Trinajstić information content (AvgIpc) is 3.02. The summed E-state index contributed by atoms with van der Waals surface area (Å²) in [6.45, 7) is 2.15. The first-order valence-electron chi connectivity index (χ1n) is 10.9. The number of ether oxygens (including phenoxy) is 1. The number of nitrogens with one attached hydrogen (secondary N) is 1. The molecule has 0 aromatic heterocycles. The van der Waals surface area contributed by atoms with Gasteiger partial charge in [-0.1, -0.05) is 19.1 Å². The number of carbonyl (C=O) groups excluding carboxylic acids is 3. The molecule has 182 valence electrons. The van der Waals surface area contributed by atoms with Crippen molar-refractivity contribution in [1.29, 1.82) is 0 Å². The number of carbonyl (C=O) groups is 3. The monoisotopic (exact) mass is 477 g/mol. The van der Waals surface area contributed by atoms with Crippen molar-refractivity contribution in [3.8, 4) is 11.5 Å². The Hall–Kier alpha value is -3.36. The van der Waals surface area contributed by atoms with Gasteiger partial charge in [-0.15, -0.1) is 0 Å². The van der Waals surface area contributed by atoms with Crippen molar-refractivity contribution in [2.75, 3.05) is 6.61 Å². The molecule has 1 saturated carbocycles. The molecule has 6 nitrogen and oxygen atoms in total. The fourth-order valence-corrected chi connectivity index (χ4v) is 4.28. The third kappa shape index (κ3) is 6.15. The highest BCUT2D eigenvalue weighted by atomic mass is 19.4. The Kier molecular flexibility index (Phi) is 7.64. The lowest BCUT2D eigenvalue weighted by atomic mass is 9.85. The topological polar surface area (TPSA) is 92.7 Å². The van der Waals surface area contributed by atoms with Gasteiger partial charge in [0.15, 0.2) is 12.4 Å². The van der Waals surface area contributed by atoms with Gasteiger partial charge in [0.2, 0.25) is 5.91 Å². The highest BCUT2D eigenvalue weighted by Gasteiger charge is 2.44. The molecule has 0 bridgehead atoms. The third-order valence-electron chi connectivity index (χ3n) is 5.81. The van der Waals surface area contributed by atoms with Gasteiger partial charge in [0.05, 0.1) is 0 Å². The smallest absolute Gasteiger partial charge is 0.422 e. The number of phenols is 1. The first-order chi connectivity index (χ1) is 16.0. The summed E-state index contributed by atoms with van der Waals surface area (Å²) in [5, 5.41) is 12.2. The van der Waals surface area contributed by atoms with Crippen LogP contribution in [-0.4, -0.2) is 35.4 Å². The number of amides is 1. The van der Waals surface area contributed by atoms with Crippen molar-refractivity contribution in [3.05, 3.63) is 58.7 Å². The van der Waals surface area contributed by atoms with E-state index in [4.69, 9.17) is 4.74 Å². The van der Waals surface area contributed by atoms with Gasteiger partial charge in [-0.25, -0.2) is 0 Å². The van der Waals surface area contributed by atoms with Crippen LogP contribution in [0.3, 0.4) is 0 Å². The second-order valence-corrected chi connectivity index (χ2v) is 8.42. The Morgan fingerprint density at radius 2 is 1.94 bits per heavy atom. The van der Waals surface area contributed by atoms with Crippen LogP contribution >= 0.6 is 0 Å². The SMILES string of the molecule is CCc1cc(OCC(F)(F)F)cc(C)c1C1C(=O)CC(CC(=O)NCc2cccc(O)c2)C1=O. The zero-order valence-corrected chi connectivity index (χ0v) is 18.9. The van der Waals surface area contributed by atoms with Crippen LogP contribution in [0.15, 0.2) is 36.4 Å². The van der Waals surface area contributed by atoms with Gasteiger partial charge >= 0.3 is 6.18 Å². The predicted octanol–water partition coefficient (Wildman–Crippen LogP) is 4.15. The van der Waals surface area contributed by atoms with E-state index in [0.717, 1.165) is 0 Å². The maximum Gasteiger partial charge on any atom is 0.422 e. The molecule has 2 aromatic rings. The molecule has 1 fully saturated rings. The van der Waals surface area contributed by atoms with Crippen LogP contribution in [0.5, 0.6) is 11.5 Å². The molecule has 1 aliphatic rings. The summed E-state index contributed by atoms with van der Waals surface area (Å²) in [5.41, 5.74) is 2.24. The maximum atomic E-state index is 13.1. The van der Waals surface area contributed by atoms with Crippen molar-refractivity contribution in [1.82, 2.24) is 5.32 Å². The van der Waals surface area contributed by atoms with E-state index < -0.39 is 30.5 Å². The number of phenolic OH excluding ortho intramolecular Hbond substituents is 1. The molecular formula is C25H26F3NO5. The summed E-state index contributed by atoms with van der Waals surface area (Å²) in [7, 11) is 0. The van der Waals surface area contributed by atoms with Crippen LogP contribution in [0.1, 0.15) is 47.9 Å². The molecule has 2 atom stereocenters. The molecule has 0 heterocycles. The van der Waals surface area contributed by atoms with Crippen LogP contribution in [0, 0.1) is 12.8 Å². The summed E-state index contributed by atoms with van der Waals surface area (Å²) in [5.74, 6) is -2.78. The summed E-state index contributed by atoms with van der Waals surface area (Å²) < 4.78 is 42.4. The molecule has 0 saturated heterocycles. The van der Waals surface area contributed by atoms with E-state index in [1.165, 1.54) is 24.3 Å². The molecule has 9 heteroatoms. The molecule has 0 aliphatic heterocycles. The number of alkyl halides is 3. The third-order valence-corrected chi connectivity index (χ3v) is 5.81. The fourth-order valence-electron chi connectivity index (χ4n) is 4.28. The molecule has 1 amide bonds. The van der Waals surface area contributed by atoms with Gasteiger partial charge in [-0.3, -0.25) is 14.4 Å². The van der Waals surface area contributed by atoms with Crippen molar-refractivity contribution in [2.24, 2.45) is 5.92 Å². The maximum absolute atomic E-state index is 13.1. The van der Waals surface area contributed by atoms with E-state index in [1.54, 1.807) is 26.0 Å². The number of Topliss-reactive ketones (excluding diaryl/α,β-unsaturated/α-hetero) is 2. The second kappa shape index (κ2) is 10.3. The molecular weight excluding hydrogens is 451 g/mol. The molecule has 2 aromatic carbocycles. The number of benzene rings is 2. The van der Waals surface area contributed by atoms with E-state index in [2.05, 4.69) is 5.32 Å². The van der Waals surface area contributed by atoms with E-state index in [1.807, 2.05) is 0 Å². The molecule has 3 rings (SSSR count). The van der Waals surface area contributed by atoms with Gasteiger partial charge in [-0.2, -0.15) is 13.2 Å².